The fourth-order valence-electron chi connectivity index (χ4n) is 7.92. The summed E-state index contributed by atoms with van der Waals surface area (Å²) in [5, 5.41) is 4.73. The van der Waals surface area contributed by atoms with Gasteiger partial charge in [0.1, 0.15) is 0 Å². The van der Waals surface area contributed by atoms with Crippen LogP contribution in [0.25, 0.3) is 0 Å². The summed E-state index contributed by atoms with van der Waals surface area (Å²) in [5.74, 6) is 2.92. The van der Waals surface area contributed by atoms with Crippen molar-refractivity contribution in [2.24, 2.45) is 17.3 Å². The summed E-state index contributed by atoms with van der Waals surface area (Å²) in [5.41, 5.74) is 5.72. The summed E-state index contributed by atoms with van der Waals surface area (Å²) in [4.78, 5) is 16.8. The molecule has 0 bridgehead atoms. The molecule has 212 valence electrons. The van der Waals surface area contributed by atoms with Gasteiger partial charge < -0.3 is 0 Å². The van der Waals surface area contributed by atoms with E-state index < -0.39 is 10.8 Å². The van der Waals surface area contributed by atoms with E-state index in [1.165, 1.54) is 23.2 Å². The van der Waals surface area contributed by atoms with E-state index in [2.05, 4.69) is 78.0 Å². The van der Waals surface area contributed by atoms with Crippen molar-refractivity contribution >= 4 is 16.6 Å². The first-order valence-electron chi connectivity index (χ1n) is 15.1. The van der Waals surface area contributed by atoms with Crippen LogP contribution in [-0.2, 0) is 29.6 Å². The summed E-state index contributed by atoms with van der Waals surface area (Å²) < 4.78 is 13.6. The minimum absolute atomic E-state index is 0.239. The Labute approximate surface area is 241 Å². The number of Topliss-reactive ketones (excluding diaryl/α,β-unsaturated/α-hetero) is 1. The molecule has 6 heteroatoms. The zero-order valence-electron chi connectivity index (χ0n) is 24.2. The van der Waals surface area contributed by atoms with Crippen LogP contribution in [0.2, 0.25) is 0 Å². The molecule has 3 aliphatic rings. The highest BCUT2D eigenvalue weighted by Crippen LogP contribution is 2.68. The number of nitrogens with zero attached hydrogens (tertiary/aromatic N) is 3. The third-order valence-electron chi connectivity index (χ3n) is 10.2. The van der Waals surface area contributed by atoms with Gasteiger partial charge in [0.2, 0.25) is 0 Å². The molecular formula is C34H43N3O2S. The third-order valence-corrected chi connectivity index (χ3v) is 11.0. The number of fused-ring (bicyclic) bond motifs is 1. The molecule has 0 N–H and O–H groups in total. The van der Waals surface area contributed by atoms with E-state index in [0.29, 0.717) is 35.2 Å². The molecule has 0 spiro atoms. The van der Waals surface area contributed by atoms with E-state index in [1.807, 2.05) is 6.20 Å². The largest absolute Gasteiger partial charge is 0.299 e. The maximum Gasteiger partial charge on any atom is 0.172 e. The van der Waals surface area contributed by atoms with E-state index in [1.54, 1.807) is 6.26 Å². The molecule has 2 aromatic carbocycles. The first-order valence-corrected chi connectivity index (χ1v) is 16.9. The molecule has 1 saturated heterocycles. The van der Waals surface area contributed by atoms with Crippen LogP contribution in [0.5, 0.6) is 0 Å². The van der Waals surface area contributed by atoms with E-state index >= 15 is 0 Å². The quantitative estimate of drug-likeness (QED) is 0.280. The number of hydrogen-bond donors (Lipinski definition) is 0. The van der Waals surface area contributed by atoms with Crippen LogP contribution < -0.4 is 0 Å². The molecule has 3 fully saturated rings. The summed E-state index contributed by atoms with van der Waals surface area (Å²) in [6.07, 6.45) is 9.22. The molecule has 0 radical (unpaired) electrons. The number of ketones is 1. The van der Waals surface area contributed by atoms with Crippen LogP contribution >= 0.6 is 0 Å². The average Bonchev–Trinajstić information content (AvgIpc) is 3.35. The lowest BCUT2D eigenvalue weighted by molar-refractivity contribution is 0.0888. The van der Waals surface area contributed by atoms with Gasteiger partial charge in [-0.2, -0.15) is 5.10 Å². The van der Waals surface area contributed by atoms with Gasteiger partial charge in [0.25, 0.3) is 0 Å². The van der Waals surface area contributed by atoms with Gasteiger partial charge in [-0.15, -0.1) is 0 Å². The van der Waals surface area contributed by atoms with Crippen molar-refractivity contribution in [1.29, 1.82) is 0 Å². The smallest absolute Gasteiger partial charge is 0.172 e. The topological polar surface area (TPSA) is 55.2 Å². The van der Waals surface area contributed by atoms with Crippen molar-refractivity contribution in [3.63, 3.8) is 0 Å². The van der Waals surface area contributed by atoms with Crippen LogP contribution in [0.15, 0.2) is 60.8 Å². The third kappa shape index (κ3) is 5.25. The minimum Gasteiger partial charge on any atom is -0.299 e. The number of piperidine rings is 1. The number of carbonyl (C=O) groups is 1. The summed E-state index contributed by atoms with van der Waals surface area (Å²) in [7, 11) is -0.812. The lowest BCUT2D eigenvalue weighted by atomic mass is 9.84. The molecule has 2 aliphatic carbocycles. The number of likely N-dealkylation sites (tertiary alicyclic amines) is 1. The molecule has 1 aromatic heterocycles. The summed E-state index contributed by atoms with van der Waals surface area (Å²) in [6.45, 7) is 8.17. The Bertz CT molecular complexity index is 1360. The van der Waals surface area contributed by atoms with Gasteiger partial charge in [-0.25, -0.2) is 0 Å². The van der Waals surface area contributed by atoms with Gasteiger partial charge in [-0.3, -0.25) is 18.6 Å². The predicted octanol–water partition coefficient (Wildman–Crippen LogP) is 6.56. The second-order valence-corrected chi connectivity index (χ2v) is 14.0. The Hall–Kier alpha value is -2.57. The number of hydrogen-bond acceptors (Lipinski definition) is 4. The fourth-order valence-corrected chi connectivity index (χ4v) is 8.58. The van der Waals surface area contributed by atoms with E-state index in [0.717, 1.165) is 63.0 Å². The van der Waals surface area contributed by atoms with Crippen molar-refractivity contribution < 1.29 is 9.00 Å². The van der Waals surface area contributed by atoms with Crippen molar-refractivity contribution in [1.82, 2.24) is 14.7 Å². The summed E-state index contributed by atoms with van der Waals surface area (Å²) in [6, 6.07) is 19.5. The van der Waals surface area contributed by atoms with E-state index in [9.17, 15) is 9.00 Å². The Kier molecular flexibility index (Phi) is 7.84. The second-order valence-electron chi connectivity index (χ2n) is 12.6. The molecule has 2 heterocycles. The molecule has 5 nitrogen and oxygen atoms in total. The molecule has 5 atom stereocenters. The fraction of sp³-hybridized carbons (Fsp3) is 0.529. The molecule has 5 unspecified atom stereocenters. The molecule has 1 aliphatic heterocycles. The number of aromatic nitrogens is 2. The highest BCUT2D eigenvalue weighted by molar-refractivity contribution is 7.83. The number of carbonyl (C=O) groups excluding carboxylic acids is 1. The van der Waals surface area contributed by atoms with Gasteiger partial charge in [-0.1, -0.05) is 61.5 Å². The van der Waals surface area contributed by atoms with Gasteiger partial charge in [0.15, 0.2) is 5.78 Å². The highest BCUT2D eigenvalue weighted by Gasteiger charge is 2.67. The first kappa shape index (κ1) is 27.6. The SMILES string of the molecule is CCn1ncc(C(=O)C2(C)C3CCC(c4ccccc4)CC32)c1C1CCN(Cc2ccc(CS(C)=O)cc2)CC1. The Morgan fingerprint density at radius 3 is 2.33 bits per heavy atom. The van der Waals surface area contributed by atoms with Crippen LogP contribution in [-0.4, -0.2) is 44.0 Å². The minimum atomic E-state index is -0.812. The monoisotopic (exact) mass is 557 g/mol. The van der Waals surface area contributed by atoms with Crippen LogP contribution in [0, 0.1) is 17.3 Å². The average molecular weight is 558 g/mol. The number of aryl methyl sites for hydroxylation is 1. The zero-order valence-corrected chi connectivity index (χ0v) is 25.0. The standard InChI is InChI=1S/C34H43N3O2S/c1-4-37-32(27-16-18-36(19-17-27)22-24-10-12-25(13-11-24)23-40(3)39)29(21-35-37)33(38)34(2)30-15-14-28(20-31(30)34)26-8-6-5-7-9-26/h5-13,21,27-28,30-31H,4,14-20,22-23H2,1-3H3. The molecule has 40 heavy (non-hydrogen) atoms. The van der Waals surface area contributed by atoms with Crippen molar-refractivity contribution in [3.05, 3.63) is 88.7 Å². The van der Waals surface area contributed by atoms with E-state index in [-0.39, 0.29) is 5.41 Å². The Balaban J connectivity index is 1.12. The molecule has 3 aromatic rings. The van der Waals surface area contributed by atoms with Gasteiger partial charge in [0, 0.05) is 47.2 Å². The second kappa shape index (κ2) is 11.4. The first-order chi connectivity index (χ1) is 19.4. The summed E-state index contributed by atoms with van der Waals surface area (Å²) >= 11 is 0. The van der Waals surface area contributed by atoms with Crippen molar-refractivity contribution in [3.8, 4) is 0 Å². The van der Waals surface area contributed by atoms with Crippen LogP contribution in [0.3, 0.4) is 0 Å². The zero-order chi connectivity index (χ0) is 27.9. The number of benzene rings is 2. The van der Waals surface area contributed by atoms with Crippen LogP contribution in [0.4, 0.5) is 0 Å². The molecule has 6 rings (SSSR count). The lowest BCUT2D eigenvalue weighted by Crippen LogP contribution is -2.33. The highest BCUT2D eigenvalue weighted by atomic mass is 32.2. The molecular weight excluding hydrogens is 514 g/mol. The van der Waals surface area contributed by atoms with Gasteiger partial charge >= 0.3 is 0 Å². The Morgan fingerprint density at radius 2 is 1.65 bits per heavy atom. The van der Waals surface area contributed by atoms with Gasteiger partial charge in [0.05, 0.1) is 17.5 Å². The van der Waals surface area contributed by atoms with Crippen LogP contribution in [0.1, 0.15) is 90.5 Å². The van der Waals surface area contributed by atoms with E-state index in [4.69, 9.17) is 5.10 Å². The molecule has 0 amide bonds. The maximum absolute atomic E-state index is 14.2. The lowest BCUT2D eigenvalue weighted by Gasteiger charge is -2.33. The maximum atomic E-state index is 14.2. The number of rotatable bonds is 9. The van der Waals surface area contributed by atoms with Gasteiger partial charge in [-0.05, 0) is 86.6 Å². The Morgan fingerprint density at radius 1 is 0.950 bits per heavy atom. The molecule has 2 saturated carbocycles. The van der Waals surface area contributed by atoms with Crippen molar-refractivity contribution in [2.75, 3.05) is 19.3 Å². The normalized spacial score (nSPS) is 27.7. The predicted molar refractivity (Wildman–Crippen MR) is 162 cm³/mol. The van der Waals surface area contributed by atoms with Crippen molar-refractivity contribution in [2.45, 2.75) is 76.6 Å².